The number of rotatable bonds is 4. The topological polar surface area (TPSA) is 70.3 Å². The van der Waals surface area contributed by atoms with Gasteiger partial charge < -0.3 is 9.84 Å². The lowest BCUT2D eigenvalue weighted by Crippen LogP contribution is -2.03. The van der Waals surface area contributed by atoms with Gasteiger partial charge in [-0.2, -0.15) is 5.26 Å². The molecule has 0 aliphatic carbocycles. The van der Waals surface area contributed by atoms with E-state index in [0.29, 0.717) is 6.61 Å². The molecule has 0 radical (unpaired) electrons. The van der Waals surface area contributed by atoms with Gasteiger partial charge in [-0.05, 0) is 13.3 Å². The van der Waals surface area contributed by atoms with Crippen molar-refractivity contribution < 1.29 is 14.6 Å². The van der Waals surface area contributed by atoms with E-state index in [1.807, 2.05) is 6.92 Å². The molecule has 12 heavy (non-hydrogen) atoms. The van der Waals surface area contributed by atoms with Crippen LogP contribution in [0.15, 0.2) is 11.3 Å². The highest BCUT2D eigenvalue weighted by atomic mass is 16.5. The van der Waals surface area contributed by atoms with E-state index in [0.717, 1.165) is 6.42 Å². The van der Waals surface area contributed by atoms with E-state index in [2.05, 4.69) is 0 Å². The fourth-order valence-electron chi connectivity index (χ4n) is 0.526. The molecule has 0 unspecified atom stereocenters. The third kappa shape index (κ3) is 3.06. The average molecular weight is 169 g/mol. The van der Waals surface area contributed by atoms with Crippen LogP contribution in [0.2, 0.25) is 0 Å². The first kappa shape index (κ1) is 10.5. The van der Waals surface area contributed by atoms with Crippen LogP contribution in [0.25, 0.3) is 0 Å². The van der Waals surface area contributed by atoms with E-state index in [-0.39, 0.29) is 11.3 Å². The van der Waals surface area contributed by atoms with Crippen molar-refractivity contribution in [2.75, 3.05) is 6.61 Å². The molecule has 4 heteroatoms. The molecular formula is C8H11NO3. The summed E-state index contributed by atoms with van der Waals surface area (Å²) in [5, 5.41) is 17.0. The Bertz CT molecular complexity index is 237. The van der Waals surface area contributed by atoms with Gasteiger partial charge in [0.15, 0.2) is 0 Å². The van der Waals surface area contributed by atoms with E-state index in [9.17, 15) is 4.79 Å². The molecule has 0 aliphatic heterocycles. The Labute approximate surface area is 71.1 Å². The van der Waals surface area contributed by atoms with Crippen molar-refractivity contribution in [1.82, 2.24) is 0 Å². The van der Waals surface area contributed by atoms with E-state index in [4.69, 9.17) is 15.1 Å². The molecule has 0 aliphatic rings. The number of hydrogen-bond donors (Lipinski definition) is 1. The summed E-state index contributed by atoms with van der Waals surface area (Å²) < 4.78 is 4.90. The number of nitriles is 1. The Morgan fingerprint density at radius 1 is 1.67 bits per heavy atom. The van der Waals surface area contributed by atoms with Crippen molar-refractivity contribution in [1.29, 1.82) is 5.26 Å². The summed E-state index contributed by atoms with van der Waals surface area (Å²) in [7, 11) is 0. The summed E-state index contributed by atoms with van der Waals surface area (Å²) in [5.41, 5.74) is -0.0500. The van der Waals surface area contributed by atoms with Crippen LogP contribution in [-0.4, -0.2) is 17.7 Å². The molecule has 0 heterocycles. The van der Waals surface area contributed by atoms with Gasteiger partial charge in [-0.3, -0.25) is 0 Å². The molecule has 0 rings (SSSR count). The van der Waals surface area contributed by atoms with Crippen LogP contribution >= 0.6 is 0 Å². The maximum atomic E-state index is 10.4. The van der Waals surface area contributed by atoms with Crippen LogP contribution in [0.4, 0.5) is 0 Å². The first-order valence-corrected chi connectivity index (χ1v) is 3.60. The summed E-state index contributed by atoms with van der Waals surface area (Å²) in [6.07, 6.45) is 0.748. The van der Waals surface area contributed by atoms with E-state index in [1.54, 1.807) is 6.07 Å². The van der Waals surface area contributed by atoms with Gasteiger partial charge in [-0.15, -0.1) is 0 Å². The Kier molecular flexibility index (Phi) is 4.54. The van der Waals surface area contributed by atoms with Crippen LogP contribution in [-0.2, 0) is 9.53 Å². The molecule has 0 saturated carbocycles. The van der Waals surface area contributed by atoms with Crippen LogP contribution < -0.4 is 0 Å². The Morgan fingerprint density at radius 3 is 2.58 bits per heavy atom. The third-order valence-electron chi connectivity index (χ3n) is 1.21. The molecule has 66 valence electrons. The fraction of sp³-hybridized carbons (Fsp3) is 0.500. The fourth-order valence-corrected chi connectivity index (χ4v) is 0.526. The third-order valence-corrected chi connectivity index (χ3v) is 1.21. The molecule has 0 spiro atoms. The van der Waals surface area contributed by atoms with Gasteiger partial charge in [0.05, 0.1) is 12.2 Å². The van der Waals surface area contributed by atoms with E-state index >= 15 is 0 Å². The normalized spacial score (nSPS) is 11.4. The summed E-state index contributed by atoms with van der Waals surface area (Å²) >= 11 is 0. The average Bonchev–Trinajstić information content (AvgIpc) is 2.05. The minimum Gasteiger partial charge on any atom is -0.483 e. The largest absolute Gasteiger partial charge is 0.483 e. The standard InChI is InChI=1S/C8H11NO3/c1-3-4-12-7(5-9)6(2)8(10)11/h3-4H2,1-2H3,(H,10,11). The van der Waals surface area contributed by atoms with Crippen molar-refractivity contribution >= 4 is 5.97 Å². The van der Waals surface area contributed by atoms with Gasteiger partial charge in [-0.1, -0.05) is 6.92 Å². The van der Waals surface area contributed by atoms with Crippen molar-refractivity contribution in [3.8, 4) is 6.07 Å². The quantitative estimate of drug-likeness (QED) is 0.391. The minimum atomic E-state index is -1.12. The summed E-state index contributed by atoms with van der Waals surface area (Å²) in [5.74, 6) is -1.23. The predicted molar refractivity (Wildman–Crippen MR) is 42.2 cm³/mol. The number of carboxylic acid groups (broad SMARTS) is 1. The van der Waals surface area contributed by atoms with Crippen LogP contribution in [0.1, 0.15) is 20.3 Å². The number of nitrogens with zero attached hydrogens (tertiary/aromatic N) is 1. The summed E-state index contributed by atoms with van der Waals surface area (Å²) in [4.78, 5) is 10.4. The zero-order valence-electron chi connectivity index (χ0n) is 7.13. The molecule has 0 amide bonds. The molecule has 0 fully saturated rings. The zero-order chi connectivity index (χ0) is 9.56. The number of allylic oxidation sites excluding steroid dienone is 1. The molecular weight excluding hydrogens is 158 g/mol. The first-order valence-electron chi connectivity index (χ1n) is 3.60. The highest BCUT2D eigenvalue weighted by Crippen LogP contribution is 2.05. The van der Waals surface area contributed by atoms with Gasteiger partial charge in [-0.25, -0.2) is 4.79 Å². The number of carbonyl (C=O) groups is 1. The second-order valence-corrected chi connectivity index (χ2v) is 2.22. The van der Waals surface area contributed by atoms with Crippen molar-refractivity contribution in [2.45, 2.75) is 20.3 Å². The van der Waals surface area contributed by atoms with Crippen LogP contribution in [0.3, 0.4) is 0 Å². The van der Waals surface area contributed by atoms with Crippen molar-refractivity contribution in [3.63, 3.8) is 0 Å². The SMILES string of the molecule is CCCOC(C#N)=C(C)C(=O)O. The summed E-state index contributed by atoms with van der Waals surface area (Å²) in [6.45, 7) is 3.59. The van der Waals surface area contributed by atoms with Crippen molar-refractivity contribution in [3.05, 3.63) is 11.3 Å². The zero-order valence-corrected chi connectivity index (χ0v) is 7.13. The van der Waals surface area contributed by atoms with Crippen molar-refractivity contribution in [2.24, 2.45) is 0 Å². The first-order chi connectivity index (χ1) is 5.63. The smallest absolute Gasteiger partial charge is 0.335 e. The summed E-state index contributed by atoms with van der Waals surface area (Å²) in [6, 6.07) is 1.69. The number of ether oxygens (including phenoxy) is 1. The number of aliphatic carboxylic acids is 1. The monoisotopic (exact) mass is 169 g/mol. The minimum absolute atomic E-state index is 0.0500. The highest BCUT2D eigenvalue weighted by molar-refractivity contribution is 5.87. The Hall–Kier alpha value is -1.50. The predicted octanol–water partition coefficient (Wildman–Crippen LogP) is 1.30. The lowest BCUT2D eigenvalue weighted by Gasteiger charge is -2.02. The van der Waals surface area contributed by atoms with Gasteiger partial charge in [0.25, 0.3) is 0 Å². The molecule has 0 bridgehead atoms. The molecule has 4 nitrogen and oxygen atoms in total. The van der Waals surface area contributed by atoms with E-state index in [1.165, 1.54) is 6.92 Å². The maximum absolute atomic E-state index is 10.4. The highest BCUT2D eigenvalue weighted by Gasteiger charge is 2.09. The molecule has 0 saturated heterocycles. The van der Waals surface area contributed by atoms with Crippen LogP contribution in [0, 0.1) is 11.3 Å². The second kappa shape index (κ2) is 5.19. The Balaban J connectivity index is 4.43. The molecule has 1 N–H and O–H groups in total. The van der Waals surface area contributed by atoms with Gasteiger partial charge in [0, 0.05) is 0 Å². The maximum Gasteiger partial charge on any atom is 0.335 e. The Morgan fingerprint density at radius 2 is 2.25 bits per heavy atom. The lowest BCUT2D eigenvalue weighted by atomic mass is 10.3. The second-order valence-electron chi connectivity index (χ2n) is 2.22. The molecule has 0 aromatic heterocycles. The van der Waals surface area contributed by atoms with E-state index < -0.39 is 5.97 Å². The van der Waals surface area contributed by atoms with Crippen LogP contribution in [0.5, 0.6) is 0 Å². The van der Waals surface area contributed by atoms with Gasteiger partial charge in [0.2, 0.25) is 5.76 Å². The molecule has 0 atom stereocenters. The molecule has 0 aromatic rings. The van der Waals surface area contributed by atoms with Gasteiger partial charge >= 0.3 is 5.97 Å². The number of hydrogen-bond acceptors (Lipinski definition) is 3. The molecule has 0 aromatic carbocycles. The number of carboxylic acids is 1. The lowest BCUT2D eigenvalue weighted by molar-refractivity contribution is -0.132. The van der Waals surface area contributed by atoms with Gasteiger partial charge in [0.1, 0.15) is 6.07 Å².